The minimum absolute atomic E-state index is 0.457. The van der Waals surface area contributed by atoms with Crippen LogP contribution < -0.4 is 10.1 Å². The summed E-state index contributed by atoms with van der Waals surface area (Å²) in [5.74, 6) is 0. The van der Waals surface area contributed by atoms with Gasteiger partial charge in [-0.05, 0) is 56.0 Å². The molecule has 0 bridgehead atoms. The van der Waals surface area contributed by atoms with Gasteiger partial charge in [0.05, 0.1) is 11.8 Å². The van der Waals surface area contributed by atoms with Gasteiger partial charge >= 0.3 is 0 Å². The monoisotopic (exact) mass is 447 g/mol. The Hall–Kier alpha value is -3.45. The molecule has 32 heavy (non-hydrogen) atoms. The number of rotatable bonds is 4. The maximum atomic E-state index is 11.8. The Bertz CT molecular complexity index is 1480. The first-order valence-electron chi connectivity index (χ1n) is 10.2. The third-order valence-electron chi connectivity index (χ3n) is 4.72. The number of benzene rings is 2. The predicted octanol–water partition coefficient (Wildman–Crippen LogP) is 5.06. The highest BCUT2D eigenvalue weighted by molar-refractivity contribution is 7.92. The second-order valence-electron chi connectivity index (χ2n) is 8.68. The number of pyridine rings is 1. The second-order valence-corrected chi connectivity index (χ2v) is 10.4. The molecule has 1 N–H and O–H groups in total. The van der Waals surface area contributed by atoms with Crippen LogP contribution in [0.25, 0.3) is 32.8 Å². The second kappa shape index (κ2) is 8.24. The smallest absolute Gasteiger partial charge is 0.229 e. The lowest BCUT2D eigenvalue weighted by Crippen LogP contribution is -2.18. The van der Waals surface area contributed by atoms with Crippen LogP contribution in [0.3, 0.4) is 0 Å². The van der Waals surface area contributed by atoms with Crippen LogP contribution in [0.1, 0.15) is 20.8 Å². The number of fused-ring (bicyclic) bond motifs is 2. The minimum Gasteiger partial charge on any atom is -0.390 e. The molecule has 6 nitrogen and oxygen atoms in total. The van der Waals surface area contributed by atoms with Gasteiger partial charge in [0.25, 0.3) is 0 Å². The fraction of sp³-hybridized carbons (Fsp3) is 0.200. The molecule has 0 spiro atoms. The average Bonchev–Trinajstić information content (AvgIpc) is 2.87. The summed E-state index contributed by atoms with van der Waals surface area (Å²) in [6, 6.07) is 21.3. The summed E-state index contributed by atoms with van der Waals surface area (Å²) >= 11 is 0. The standard InChI is InChI=1S/C25H25N3O3S/c1-25(2,3)31-27-24-21-15-20(28-32(4,29)30)12-10-18(21)11-13-23-22(24)14-19(16-26-23)17-8-6-5-7-9-17/h5-16,28H,1-4H3/b27-24+. The highest BCUT2D eigenvalue weighted by atomic mass is 32.2. The van der Waals surface area contributed by atoms with Gasteiger partial charge in [0, 0.05) is 28.2 Å². The summed E-state index contributed by atoms with van der Waals surface area (Å²) in [5, 5.41) is 7.57. The fourth-order valence-electron chi connectivity index (χ4n) is 3.37. The highest BCUT2D eigenvalue weighted by Crippen LogP contribution is 2.24. The van der Waals surface area contributed by atoms with Gasteiger partial charge in [-0.15, -0.1) is 0 Å². The summed E-state index contributed by atoms with van der Waals surface area (Å²) < 4.78 is 26.1. The SMILES string of the molecule is CC(C)(C)O/N=c1\c2cc(NS(C)(=O)=O)ccc2ccc2ncc(-c3ccccc3)cc12. The number of anilines is 1. The molecule has 3 aromatic carbocycles. The van der Waals surface area contributed by atoms with E-state index in [1.165, 1.54) is 0 Å². The van der Waals surface area contributed by atoms with Crippen LogP contribution in [0.2, 0.25) is 0 Å². The van der Waals surface area contributed by atoms with Gasteiger partial charge in [-0.25, -0.2) is 8.42 Å². The van der Waals surface area contributed by atoms with Gasteiger partial charge in [-0.3, -0.25) is 9.71 Å². The molecule has 7 heteroatoms. The molecule has 0 fully saturated rings. The van der Waals surface area contributed by atoms with E-state index in [2.05, 4.69) is 14.9 Å². The van der Waals surface area contributed by atoms with Crippen molar-refractivity contribution < 1.29 is 13.3 Å². The van der Waals surface area contributed by atoms with Crippen LogP contribution in [0.4, 0.5) is 5.69 Å². The zero-order valence-electron chi connectivity index (χ0n) is 18.5. The van der Waals surface area contributed by atoms with E-state index in [0.717, 1.165) is 39.1 Å². The summed E-state index contributed by atoms with van der Waals surface area (Å²) in [7, 11) is -3.42. The normalized spacial score (nSPS) is 12.8. The fourth-order valence-corrected chi connectivity index (χ4v) is 3.92. The van der Waals surface area contributed by atoms with E-state index < -0.39 is 15.6 Å². The molecule has 164 valence electrons. The van der Waals surface area contributed by atoms with Crippen LogP contribution in [0.15, 0.2) is 78.1 Å². The summed E-state index contributed by atoms with van der Waals surface area (Å²) in [6.07, 6.45) is 2.97. The number of hydrogen-bond acceptors (Lipinski definition) is 5. The molecule has 4 rings (SSSR count). The Labute approximate surface area is 187 Å². The highest BCUT2D eigenvalue weighted by Gasteiger charge is 2.12. The minimum atomic E-state index is -3.42. The van der Waals surface area contributed by atoms with Crippen LogP contribution >= 0.6 is 0 Å². The van der Waals surface area contributed by atoms with Crippen LogP contribution in [-0.2, 0) is 14.9 Å². The third-order valence-corrected chi connectivity index (χ3v) is 5.33. The number of nitrogens with one attached hydrogen (secondary N) is 1. The van der Waals surface area contributed by atoms with E-state index in [1.807, 2.05) is 81.6 Å². The van der Waals surface area contributed by atoms with Crippen molar-refractivity contribution in [1.82, 2.24) is 4.98 Å². The zero-order chi connectivity index (χ0) is 22.9. The quantitative estimate of drug-likeness (QED) is 0.444. The predicted molar refractivity (Wildman–Crippen MR) is 130 cm³/mol. The molecular formula is C25H25N3O3S. The van der Waals surface area contributed by atoms with E-state index in [4.69, 9.17) is 4.84 Å². The summed E-state index contributed by atoms with van der Waals surface area (Å²) in [4.78, 5) is 10.5. The molecule has 0 unspecified atom stereocenters. The van der Waals surface area contributed by atoms with Crippen molar-refractivity contribution in [1.29, 1.82) is 0 Å². The van der Waals surface area contributed by atoms with Crippen molar-refractivity contribution in [3.63, 3.8) is 0 Å². The van der Waals surface area contributed by atoms with E-state index in [-0.39, 0.29) is 0 Å². The lowest BCUT2D eigenvalue weighted by Gasteiger charge is -2.15. The first-order chi connectivity index (χ1) is 15.1. The van der Waals surface area contributed by atoms with Gasteiger partial charge in [0.1, 0.15) is 11.0 Å². The number of aromatic nitrogens is 1. The van der Waals surface area contributed by atoms with Crippen LogP contribution in [0.5, 0.6) is 0 Å². The number of sulfonamides is 1. The molecular weight excluding hydrogens is 422 g/mol. The Kier molecular flexibility index (Phi) is 5.60. The molecule has 1 aromatic heterocycles. The van der Waals surface area contributed by atoms with Gasteiger partial charge < -0.3 is 4.84 Å². The molecule has 4 aromatic rings. The topological polar surface area (TPSA) is 80.6 Å². The van der Waals surface area contributed by atoms with Gasteiger partial charge in [0.2, 0.25) is 10.0 Å². The first-order valence-corrected chi connectivity index (χ1v) is 12.1. The Morgan fingerprint density at radius 1 is 0.906 bits per heavy atom. The van der Waals surface area contributed by atoms with Crippen molar-refractivity contribution in [3.8, 4) is 11.1 Å². The van der Waals surface area contributed by atoms with Crippen LogP contribution in [0, 0.1) is 0 Å². The zero-order valence-corrected chi connectivity index (χ0v) is 19.3. The molecule has 0 aliphatic carbocycles. The third kappa shape index (κ3) is 5.06. The van der Waals surface area contributed by atoms with E-state index in [0.29, 0.717) is 11.0 Å². The van der Waals surface area contributed by atoms with Crippen molar-refractivity contribution in [2.24, 2.45) is 5.16 Å². The van der Waals surface area contributed by atoms with Gasteiger partial charge in [0.15, 0.2) is 0 Å². The molecule has 0 aliphatic rings. The average molecular weight is 448 g/mol. The van der Waals surface area contributed by atoms with Gasteiger partial charge in [-0.2, -0.15) is 0 Å². The van der Waals surface area contributed by atoms with Crippen molar-refractivity contribution >= 4 is 37.4 Å². The Balaban J connectivity index is 2.08. The van der Waals surface area contributed by atoms with E-state index in [1.54, 1.807) is 12.1 Å². The molecule has 1 heterocycles. The molecule has 0 atom stereocenters. The molecule has 0 saturated carbocycles. The summed E-state index contributed by atoms with van der Waals surface area (Å²) in [6.45, 7) is 5.77. The van der Waals surface area contributed by atoms with Crippen molar-refractivity contribution in [2.75, 3.05) is 11.0 Å². The van der Waals surface area contributed by atoms with E-state index >= 15 is 0 Å². The first kappa shape index (κ1) is 21.8. The van der Waals surface area contributed by atoms with Crippen LogP contribution in [-0.4, -0.2) is 25.3 Å². The molecule has 0 radical (unpaired) electrons. The lowest BCUT2D eigenvalue weighted by molar-refractivity contribution is -0.00549. The van der Waals surface area contributed by atoms with Crippen molar-refractivity contribution in [3.05, 3.63) is 78.3 Å². The van der Waals surface area contributed by atoms with Gasteiger partial charge in [-0.1, -0.05) is 47.6 Å². The Morgan fingerprint density at radius 2 is 1.62 bits per heavy atom. The molecule has 0 amide bonds. The molecule has 0 aliphatic heterocycles. The number of nitrogens with zero attached hydrogens (tertiary/aromatic N) is 2. The number of hydrogen-bond donors (Lipinski definition) is 1. The summed E-state index contributed by atoms with van der Waals surface area (Å²) in [5.41, 5.74) is 2.71. The lowest BCUT2D eigenvalue weighted by atomic mass is 10.1. The maximum absolute atomic E-state index is 11.8. The molecule has 0 saturated heterocycles. The largest absolute Gasteiger partial charge is 0.390 e. The van der Waals surface area contributed by atoms with Crippen molar-refractivity contribution in [2.45, 2.75) is 26.4 Å². The maximum Gasteiger partial charge on any atom is 0.229 e. The Morgan fingerprint density at radius 3 is 2.31 bits per heavy atom. The van der Waals surface area contributed by atoms with E-state index in [9.17, 15) is 8.42 Å².